The first-order chi connectivity index (χ1) is 14.2. The molecule has 4 aliphatic carbocycles. The molecule has 3 saturated carbocycles. The molecule has 0 aromatic rings. The maximum absolute atomic E-state index is 13.0. The lowest BCUT2D eigenvalue weighted by molar-refractivity contribution is -0.169. The molecule has 0 bridgehead atoms. The highest BCUT2D eigenvalue weighted by atomic mass is 16.6. The van der Waals surface area contributed by atoms with E-state index < -0.39 is 17.1 Å². The largest absolute Gasteiger partial charge is 0.469 e. The van der Waals surface area contributed by atoms with Crippen molar-refractivity contribution in [1.82, 2.24) is 0 Å². The highest BCUT2D eigenvalue weighted by molar-refractivity contribution is 5.84. The topological polar surface area (TPSA) is 82.2 Å². The summed E-state index contributed by atoms with van der Waals surface area (Å²) in [5.41, 5.74) is -0.191. The number of carbonyl (C=O) groups is 3. The zero-order valence-corrected chi connectivity index (χ0v) is 18.0. The van der Waals surface area contributed by atoms with Gasteiger partial charge >= 0.3 is 11.9 Å². The molecule has 6 rings (SSSR count). The number of hydrogen-bond donors (Lipinski definition) is 0. The van der Waals surface area contributed by atoms with Crippen LogP contribution in [0.15, 0.2) is 11.6 Å². The minimum atomic E-state index is -0.430. The van der Waals surface area contributed by atoms with Crippen LogP contribution in [-0.4, -0.2) is 42.1 Å². The number of hydrogen-bond acceptors (Lipinski definition) is 6. The Hall–Kier alpha value is -1.69. The number of epoxide rings is 1. The summed E-state index contributed by atoms with van der Waals surface area (Å²) >= 11 is 0. The second-order valence-corrected chi connectivity index (χ2v) is 10.9. The zero-order valence-electron chi connectivity index (χ0n) is 18.0. The van der Waals surface area contributed by atoms with Crippen LogP contribution in [0.5, 0.6) is 0 Å². The number of carbonyl (C=O) groups excluding carboxylic acids is 3. The van der Waals surface area contributed by atoms with Gasteiger partial charge in [-0.15, -0.1) is 0 Å². The lowest BCUT2D eigenvalue weighted by atomic mass is 9.44. The van der Waals surface area contributed by atoms with Crippen molar-refractivity contribution in [2.45, 2.75) is 82.5 Å². The van der Waals surface area contributed by atoms with Gasteiger partial charge in [0.1, 0.15) is 17.0 Å². The molecule has 4 unspecified atom stereocenters. The van der Waals surface area contributed by atoms with Crippen LogP contribution in [-0.2, 0) is 28.6 Å². The maximum Gasteiger partial charge on any atom is 0.312 e. The molecule has 0 N–H and O–H groups in total. The Labute approximate surface area is 176 Å². The molecule has 6 nitrogen and oxygen atoms in total. The third-order valence-electron chi connectivity index (χ3n) is 10.2. The number of methoxy groups -OCH3 is 1. The fourth-order valence-corrected chi connectivity index (χ4v) is 8.59. The summed E-state index contributed by atoms with van der Waals surface area (Å²) in [6.07, 6.45) is 7.74. The second-order valence-electron chi connectivity index (χ2n) is 10.9. The van der Waals surface area contributed by atoms with Gasteiger partial charge in [0, 0.05) is 36.0 Å². The lowest BCUT2D eigenvalue weighted by Gasteiger charge is -2.57. The van der Waals surface area contributed by atoms with Crippen molar-refractivity contribution >= 4 is 17.7 Å². The first-order valence-corrected chi connectivity index (χ1v) is 11.4. The average Bonchev–Trinajstić information content (AvgIpc) is 3.20. The van der Waals surface area contributed by atoms with E-state index in [4.69, 9.17) is 14.2 Å². The maximum atomic E-state index is 13.0. The molecule has 6 aliphatic rings. The van der Waals surface area contributed by atoms with E-state index in [-0.39, 0.29) is 46.5 Å². The average molecular weight is 414 g/mol. The van der Waals surface area contributed by atoms with Crippen LogP contribution in [0.3, 0.4) is 0 Å². The fourth-order valence-electron chi connectivity index (χ4n) is 8.59. The van der Waals surface area contributed by atoms with Crippen molar-refractivity contribution in [2.75, 3.05) is 7.11 Å². The molecule has 5 fully saturated rings. The van der Waals surface area contributed by atoms with Crippen LogP contribution >= 0.6 is 0 Å². The van der Waals surface area contributed by atoms with E-state index in [1.807, 2.05) is 0 Å². The van der Waals surface area contributed by atoms with Gasteiger partial charge in [-0.1, -0.05) is 25.5 Å². The van der Waals surface area contributed by atoms with E-state index in [1.165, 1.54) is 7.11 Å². The molecular formula is C24H30O6. The Morgan fingerprint density at radius 3 is 2.67 bits per heavy atom. The summed E-state index contributed by atoms with van der Waals surface area (Å²) in [4.78, 5) is 37.4. The Bertz CT molecular complexity index is 907. The third-order valence-corrected chi connectivity index (χ3v) is 10.2. The van der Waals surface area contributed by atoms with Gasteiger partial charge in [-0.3, -0.25) is 14.4 Å². The molecule has 8 atom stereocenters. The van der Waals surface area contributed by atoms with Crippen LogP contribution < -0.4 is 0 Å². The van der Waals surface area contributed by atoms with Gasteiger partial charge in [-0.05, 0) is 38.0 Å². The van der Waals surface area contributed by atoms with Gasteiger partial charge in [0.15, 0.2) is 0 Å². The van der Waals surface area contributed by atoms with Crippen molar-refractivity contribution < 1.29 is 28.6 Å². The first kappa shape index (κ1) is 19.0. The van der Waals surface area contributed by atoms with Crippen molar-refractivity contribution in [1.29, 1.82) is 0 Å². The van der Waals surface area contributed by atoms with Crippen LogP contribution in [0.1, 0.15) is 65.2 Å². The molecule has 0 aromatic heterocycles. The summed E-state index contributed by atoms with van der Waals surface area (Å²) in [6.45, 7) is 4.50. The molecule has 0 radical (unpaired) electrons. The molecule has 0 aromatic carbocycles. The molecule has 2 saturated heterocycles. The highest BCUT2D eigenvalue weighted by Gasteiger charge is 2.83. The monoisotopic (exact) mass is 414 g/mol. The van der Waals surface area contributed by atoms with Gasteiger partial charge in [-0.2, -0.15) is 0 Å². The molecule has 162 valence electrons. The number of ketones is 1. The summed E-state index contributed by atoms with van der Waals surface area (Å²) in [5, 5.41) is 0. The van der Waals surface area contributed by atoms with Crippen molar-refractivity contribution in [3.63, 3.8) is 0 Å². The van der Waals surface area contributed by atoms with Gasteiger partial charge < -0.3 is 14.2 Å². The van der Waals surface area contributed by atoms with Gasteiger partial charge in [0.05, 0.1) is 19.1 Å². The van der Waals surface area contributed by atoms with E-state index in [0.29, 0.717) is 19.3 Å². The van der Waals surface area contributed by atoms with Gasteiger partial charge in [0.25, 0.3) is 0 Å². The lowest BCUT2D eigenvalue weighted by Crippen LogP contribution is -2.62. The van der Waals surface area contributed by atoms with Crippen LogP contribution in [0, 0.1) is 28.6 Å². The van der Waals surface area contributed by atoms with Crippen molar-refractivity contribution in [3.05, 3.63) is 11.6 Å². The summed E-state index contributed by atoms with van der Waals surface area (Å²) in [5.74, 6) is -0.292. The zero-order chi connectivity index (χ0) is 21.1. The molecule has 2 aliphatic heterocycles. The summed E-state index contributed by atoms with van der Waals surface area (Å²) in [6, 6.07) is 0. The Kier molecular flexibility index (Phi) is 3.53. The molecule has 6 heteroatoms. The quantitative estimate of drug-likeness (QED) is 0.372. The molecule has 30 heavy (non-hydrogen) atoms. The number of rotatable bonds is 1. The van der Waals surface area contributed by atoms with Gasteiger partial charge in [0.2, 0.25) is 0 Å². The van der Waals surface area contributed by atoms with E-state index in [0.717, 1.165) is 37.7 Å². The Balaban J connectivity index is 1.50. The normalized spacial score (nSPS) is 53.2. The molecule has 2 spiro atoms. The van der Waals surface area contributed by atoms with Crippen molar-refractivity contribution in [2.24, 2.45) is 28.6 Å². The molecule has 0 amide bonds. The number of ether oxygens (including phenoxy) is 3. The van der Waals surface area contributed by atoms with Gasteiger partial charge in [-0.25, -0.2) is 0 Å². The SMILES string of the molecule is COC(=O)[C@@H]1C=C2CC(=O)CCC2(C)[C@@]23O[C@@H]2CC2(C)C(CC[C@@]24CCC(=O)O4)C13. The van der Waals surface area contributed by atoms with Crippen LogP contribution in [0.4, 0.5) is 0 Å². The molecule has 2 heterocycles. The van der Waals surface area contributed by atoms with E-state index in [1.54, 1.807) is 0 Å². The predicted octanol–water partition coefficient (Wildman–Crippen LogP) is 3.12. The Morgan fingerprint density at radius 1 is 1.17 bits per heavy atom. The standard InChI is InChI=1S/C24H30O6/c1-21-7-4-14(25)10-13(21)11-15(20(27)28-3)19-16-5-8-23(9-6-18(26)30-23)22(16,2)12-17-24(19,21)29-17/h11,15-17,19H,4-10,12H2,1-3H3/t15-,16?,17-,19?,21?,22?,23-,24-/m1/s1. The highest BCUT2D eigenvalue weighted by Crippen LogP contribution is 2.77. The summed E-state index contributed by atoms with van der Waals surface area (Å²) in [7, 11) is 1.44. The molecular weight excluding hydrogens is 384 g/mol. The summed E-state index contributed by atoms with van der Waals surface area (Å²) < 4.78 is 17.9. The number of Topliss-reactive ketones (excluding diaryl/α,β-unsaturated/α-hetero) is 1. The minimum Gasteiger partial charge on any atom is -0.469 e. The van der Waals surface area contributed by atoms with E-state index in [2.05, 4.69) is 19.9 Å². The van der Waals surface area contributed by atoms with E-state index in [9.17, 15) is 14.4 Å². The van der Waals surface area contributed by atoms with E-state index >= 15 is 0 Å². The number of fused-ring (bicyclic) bond motifs is 4. The smallest absolute Gasteiger partial charge is 0.312 e. The second kappa shape index (κ2) is 5.56. The third kappa shape index (κ3) is 1.94. The number of esters is 2. The predicted molar refractivity (Wildman–Crippen MR) is 105 cm³/mol. The van der Waals surface area contributed by atoms with Crippen molar-refractivity contribution in [3.8, 4) is 0 Å². The Morgan fingerprint density at radius 2 is 1.97 bits per heavy atom. The minimum absolute atomic E-state index is 0.00525. The van der Waals surface area contributed by atoms with Crippen LogP contribution in [0.25, 0.3) is 0 Å². The first-order valence-electron chi connectivity index (χ1n) is 11.4. The van der Waals surface area contributed by atoms with Crippen LogP contribution in [0.2, 0.25) is 0 Å². The fraction of sp³-hybridized carbons (Fsp3) is 0.792.